The lowest BCUT2D eigenvalue weighted by molar-refractivity contribution is -0.120. The number of hydrogen-bond donors (Lipinski definition) is 3. The normalized spacial score (nSPS) is 18.6. The van der Waals surface area contributed by atoms with Gasteiger partial charge in [-0.3, -0.25) is 4.79 Å². The van der Waals surface area contributed by atoms with Crippen molar-refractivity contribution in [2.24, 2.45) is 5.92 Å². The first kappa shape index (κ1) is 15.1. The third-order valence-corrected chi connectivity index (χ3v) is 3.72. The van der Waals surface area contributed by atoms with Gasteiger partial charge < -0.3 is 15.7 Å². The number of rotatable bonds is 3. The number of carbonyl (C=O) groups is 2. The lowest BCUT2D eigenvalue weighted by atomic mass is 9.98. The molecule has 0 aliphatic carbocycles. The van der Waals surface area contributed by atoms with Crippen molar-refractivity contribution in [3.8, 4) is 0 Å². The first-order chi connectivity index (χ1) is 9.49. The maximum atomic E-state index is 12.1. The Kier molecular flexibility index (Phi) is 4.86. The monoisotopic (exact) mass is 316 g/mol. The molecule has 7 heteroatoms. The summed E-state index contributed by atoms with van der Waals surface area (Å²) in [5.41, 5.74) is -0.0150. The highest BCUT2D eigenvalue weighted by Crippen LogP contribution is 2.31. The number of hydrogen-bond acceptors (Lipinski definition) is 3. The molecule has 20 heavy (non-hydrogen) atoms. The van der Waals surface area contributed by atoms with Crippen LogP contribution in [0.25, 0.3) is 0 Å². The maximum Gasteiger partial charge on any atom is 0.337 e. The summed E-state index contributed by atoms with van der Waals surface area (Å²) in [6.07, 6.45) is 1.69. The number of halogens is 2. The van der Waals surface area contributed by atoms with Gasteiger partial charge in [0.25, 0.3) is 0 Å². The first-order valence-corrected chi connectivity index (χ1v) is 6.98. The predicted octanol–water partition coefficient (Wildman–Crippen LogP) is 2.63. The van der Waals surface area contributed by atoms with Gasteiger partial charge >= 0.3 is 5.97 Å². The zero-order chi connectivity index (χ0) is 14.7. The second-order valence-corrected chi connectivity index (χ2v) is 5.49. The largest absolute Gasteiger partial charge is 0.478 e. The molecule has 1 aromatic carbocycles. The number of benzene rings is 1. The van der Waals surface area contributed by atoms with E-state index in [1.54, 1.807) is 0 Å². The van der Waals surface area contributed by atoms with Gasteiger partial charge in [-0.15, -0.1) is 0 Å². The molecule has 0 radical (unpaired) electrons. The summed E-state index contributed by atoms with van der Waals surface area (Å²) in [5.74, 6) is -1.60. The number of carbonyl (C=O) groups excluding carboxylic acids is 1. The van der Waals surface area contributed by atoms with Crippen molar-refractivity contribution in [3.05, 3.63) is 27.7 Å². The Morgan fingerprint density at radius 2 is 2.10 bits per heavy atom. The van der Waals surface area contributed by atoms with Crippen LogP contribution in [0.2, 0.25) is 10.0 Å². The van der Waals surface area contributed by atoms with Gasteiger partial charge in [0.05, 0.1) is 22.2 Å². The van der Waals surface area contributed by atoms with Crippen molar-refractivity contribution >= 4 is 40.8 Å². The van der Waals surface area contributed by atoms with E-state index in [1.165, 1.54) is 12.1 Å². The second kappa shape index (κ2) is 6.43. The molecule has 0 saturated carbocycles. The average molecular weight is 317 g/mol. The summed E-state index contributed by atoms with van der Waals surface area (Å²) in [7, 11) is 0. The summed E-state index contributed by atoms with van der Waals surface area (Å²) < 4.78 is 0. The van der Waals surface area contributed by atoms with Gasteiger partial charge in [0, 0.05) is 11.6 Å². The molecule has 1 saturated heterocycles. The molecule has 1 aliphatic heterocycles. The first-order valence-electron chi connectivity index (χ1n) is 6.23. The number of anilines is 1. The summed E-state index contributed by atoms with van der Waals surface area (Å²) in [5, 5.41) is 15.2. The average Bonchev–Trinajstić information content (AvgIpc) is 2.42. The van der Waals surface area contributed by atoms with E-state index in [2.05, 4.69) is 10.6 Å². The molecule has 0 spiro atoms. The van der Waals surface area contributed by atoms with Crippen LogP contribution in [0, 0.1) is 5.92 Å². The van der Waals surface area contributed by atoms with Gasteiger partial charge in [0.15, 0.2) is 0 Å². The number of nitrogens with one attached hydrogen (secondary N) is 2. The van der Waals surface area contributed by atoms with E-state index in [0.29, 0.717) is 6.54 Å². The summed E-state index contributed by atoms with van der Waals surface area (Å²) >= 11 is 11.8. The maximum absolute atomic E-state index is 12.1. The fourth-order valence-electron chi connectivity index (χ4n) is 2.17. The standard InChI is InChI=1S/C13H14Cl2N2O3/c14-8-4-9(13(19)20)11(10(15)5-8)17-12(18)7-2-1-3-16-6-7/h4-5,7,16H,1-3,6H2,(H,17,18)(H,19,20). The number of aromatic carboxylic acids is 1. The van der Waals surface area contributed by atoms with Crippen LogP contribution in [0.3, 0.4) is 0 Å². The Balaban J connectivity index is 2.23. The van der Waals surface area contributed by atoms with Crippen molar-refractivity contribution < 1.29 is 14.7 Å². The quantitative estimate of drug-likeness (QED) is 0.801. The van der Waals surface area contributed by atoms with E-state index in [1.807, 2.05) is 0 Å². The smallest absolute Gasteiger partial charge is 0.337 e. The molecule has 1 atom stereocenters. The highest BCUT2D eigenvalue weighted by molar-refractivity contribution is 6.37. The third-order valence-electron chi connectivity index (χ3n) is 3.20. The van der Waals surface area contributed by atoms with E-state index in [4.69, 9.17) is 28.3 Å². The number of piperidine rings is 1. The molecule has 1 unspecified atom stereocenters. The van der Waals surface area contributed by atoms with Gasteiger partial charge in [-0.1, -0.05) is 23.2 Å². The molecule has 1 amide bonds. The Morgan fingerprint density at radius 1 is 1.35 bits per heavy atom. The van der Waals surface area contributed by atoms with E-state index in [9.17, 15) is 9.59 Å². The van der Waals surface area contributed by atoms with E-state index >= 15 is 0 Å². The highest BCUT2D eigenvalue weighted by atomic mass is 35.5. The van der Waals surface area contributed by atoms with E-state index < -0.39 is 5.97 Å². The minimum atomic E-state index is -1.19. The Morgan fingerprint density at radius 3 is 2.70 bits per heavy atom. The van der Waals surface area contributed by atoms with Crippen molar-refractivity contribution in [3.63, 3.8) is 0 Å². The minimum absolute atomic E-state index is 0.0964. The summed E-state index contributed by atoms with van der Waals surface area (Å²) in [4.78, 5) is 23.3. The number of carboxylic acids is 1. The fourth-order valence-corrected chi connectivity index (χ4v) is 2.71. The van der Waals surface area contributed by atoms with Gasteiger partial charge in [-0.05, 0) is 31.5 Å². The predicted molar refractivity (Wildman–Crippen MR) is 77.6 cm³/mol. The lowest BCUT2D eigenvalue weighted by Crippen LogP contribution is -2.37. The van der Waals surface area contributed by atoms with Gasteiger partial charge in [-0.25, -0.2) is 4.79 Å². The van der Waals surface area contributed by atoms with Crippen LogP contribution in [0.15, 0.2) is 12.1 Å². The molecular formula is C13H14Cl2N2O3. The summed E-state index contributed by atoms with van der Waals surface area (Å²) in [6, 6.07) is 2.68. The van der Waals surface area contributed by atoms with E-state index in [-0.39, 0.29) is 33.1 Å². The lowest BCUT2D eigenvalue weighted by Gasteiger charge is -2.22. The van der Waals surface area contributed by atoms with Crippen LogP contribution < -0.4 is 10.6 Å². The van der Waals surface area contributed by atoms with Crippen LogP contribution in [0.4, 0.5) is 5.69 Å². The molecular weight excluding hydrogens is 303 g/mol. The zero-order valence-corrected chi connectivity index (χ0v) is 12.1. The Labute approximate surface area is 126 Å². The second-order valence-electron chi connectivity index (χ2n) is 4.65. The molecule has 0 aromatic heterocycles. The molecule has 5 nitrogen and oxygen atoms in total. The zero-order valence-electron chi connectivity index (χ0n) is 10.6. The fraction of sp³-hybridized carbons (Fsp3) is 0.385. The molecule has 0 bridgehead atoms. The molecule has 108 valence electrons. The molecule has 3 N–H and O–H groups in total. The van der Waals surface area contributed by atoms with Gasteiger partial charge in [0.1, 0.15) is 0 Å². The van der Waals surface area contributed by atoms with Crippen molar-refractivity contribution in [1.82, 2.24) is 5.32 Å². The van der Waals surface area contributed by atoms with Crippen molar-refractivity contribution in [1.29, 1.82) is 0 Å². The van der Waals surface area contributed by atoms with Crippen LogP contribution in [-0.2, 0) is 4.79 Å². The number of carboxylic acid groups (broad SMARTS) is 1. The van der Waals surface area contributed by atoms with Gasteiger partial charge in [0.2, 0.25) is 5.91 Å². The minimum Gasteiger partial charge on any atom is -0.478 e. The summed E-state index contributed by atoms with van der Waals surface area (Å²) in [6.45, 7) is 1.48. The van der Waals surface area contributed by atoms with Crippen LogP contribution in [0.1, 0.15) is 23.2 Å². The molecule has 1 aromatic rings. The molecule has 1 heterocycles. The topological polar surface area (TPSA) is 78.4 Å². The van der Waals surface area contributed by atoms with Crippen LogP contribution >= 0.6 is 23.2 Å². The molecule has 1 aliphatic rings. The van der Waals surface area contributed by atoms with Gasteiger partial charge in [-0.2, -0.15) is 0 Å². The highest BCUT2D eigenvalue weighted by Gasteiger charge is 2.24. The molecule has 2 rings (SSSR count). The SMILES string of the molecule is O=C(O)c1cc(Cl)cc(Cl)c1NC(=O)C1CCCNC1. The van der Waals surface area contributed by atoms with E-state index in [0.717, 1.165) is 19.4 Å². The third kappa shape index (κ3) is 3.42. The van der Waals surface area contributed by atoms with Crippen molar-refractivity contribution in [2.75, 3.05) is 18.4 Å². The van der Waals surface area contributed by atoms with Crippen LogP contribution in [0.5, 0.6) is 0 Å². The molecule has 1 fully saturated rings. The Bertz CT molecular complexity index is 543. The van der Waals surface area contributed by atoms with Crippen LogP contribution in [-0.4, -0.2) is 30.1 Å². The van der Waals surface area contributed by atoms with Crippen molar-refractivity contribution in [2.45, 2.75) is 12.8 Å². The number of amides is 1. The Hall–Kier alpha value is -1.30.